The second-order valence-electron chi connectivity index (χ2n) is 4.55. The molecule has 1 aromatic carbocycles. The largest absolute Gasteiger partial charge is 0.392 e. The molecule has 0 spiro atoms. The van der Waals surface area contributed by atoms with Gasteiger partial charge in [0, 0.05) is 30.2 Å². The summed E-state index contributed by atoms with van der Waals surface area (Å²) in [5.74, 6) is 0.967. The molecular formula is C16H20N2O. The fourth-order valence-electron chi connectivity index (χ4n) is 2.32. The molecule has 1 N–H and O–H groups in total. The second kappa shape index (κ2) is 6.34. The van der Waals surface area contributed by atoms with Crippen LogP contribution in [0.5, 0.6) is 0 Å². The van der Waals surface area contributed by atoms with Crippen LogP contribution in [0, 0.1) is 0 Å². The molecule has 0 amide bonds. The maximum Gasteiger partial charge on any atom is 0.136 e. The van der Waals surface area contributed by atoms with E-state index >= 15 is 0 Å². The Labute approximate surface area is 114 Å². The smallest absolute Gasteiger partial charge is 0.136 e. The highest BCUT2D eigenvalue weighted by Gasteiger charge is 2.11. The molecule has 2 aromatic rings. The monoisotopic (exact) mass is 256 g/mol. The third-order valence-corrected chi connectivity index (χ3v) is 3.17. The Morgan fingerprint density at radius 3 is 2.68 bits per heavy atom. The standard InChI is InChI=1S/C16H20N2O/c1-3-9-18(10-4-2)16-15-8-6-5-7-14(15)13(12-19)11-17-16/h3,5-8,11,19H,1,4,9-10,12H2,2H3. The van der Waals surface area contributed by atoms with Crippen LogP contribution < -0.4 is 4.90 Å². The second-order valence-corrected chi connectivity index (χ2v) is 4.55. The van der Waals surface area contributed by atoms with Crippen LogP contribution >= 0.6 is 0 Å². The molecule has 0 aliphatic heterocycles. The van der Waals surface area contributed by atoms with Crippen LogP contribution in [-0.2, 0) is 6.61 Å². The van der Waals surface area contributed by atoms with Gasteiger partial charge in [-0.2, -0.15) is 0 Å². The van der Waals surface area contributed by atoms with E-state index in [4.69, 9.17) is 0 Å². The predicted molar refractivity (Wildman–Crippen MR) is 80.4 cm³/mol. The summed E-state index contributed by atoms with van der Waals surface area (Å²) in [6.07, 6.45) is 4.72. The summed E-state index contributed by atoms with van der Waals surface area (Å²) < 4.78 is 0. The van der Waals surface area contributed by atoms with E-state index in [0.29, 0.717) is 0 Å². The maximum atomic E-state index is 9.40. The zero-order valence-electron chi connectivity index (χ0n) is 11.3. The molecule has 0 bridgehead atoms. The lowest BCUT2D eigenvalue weighted by Crippen LogP contribution is -2.25. The van der Waals surface area contributed by atoms with Gasteiger partial charge in [0.05, 0.1) is 6.61 Å². The number of rotatable bonds is 6. The van der Waals surface area contributed by atoms with E-state index in [1.54, 1.807) is 6.20 Å². The van der Waals surface area contributed by atoms with E-state index in [1.165, 1.54) is 0 Å². The van der Waals surface area contributed by atoms with E-state index in [1.807, 2.05) is 24.3 Å². The summed E-state index contributed by atoms with van der Waals surface area (Å²) in [6, 6.07) is 8.09. The van der Waals surface area contributed by atoms with Crippen LogP contribution in [0.15, 0.2) is 43.1 Å². The Morgan fingerprint density at radius 2 is 2.05 bits per heavy atom. The molecule has 0 atom stereocenters. The highest BCUT2D eigenvalue weighted by molar-refractivity contribution is 5.94. The van der Waals surface area contributed by atoms with Crippen molar-refractivity contribution in [2.75, 3.05) is 18.0 Å². The summed E-state index contributed by atoms with van der Waals surface area (Å²) in [7, 11) is 0. The van der Waals surface area contributed by atoms with Gasteiger partial charge in [-0.1, -0.05) is 37.3 Å². The van der Waals surface area contributed by atoms with E-state index in [-0.39, 0.29) is 6.61 Å². The summed E-state index contributed by atoms with van der Waals surface area (Å²) in [5.41, 5.74) is 0.870. The van der Waals surface area contributed by atoms with E-state index < -0.39 is 0 Å². The predicted octanol–water partition coefficient (Wildman–Crippen LogP) is 3.13. The number of hydrogen-bond acceptors (Lipinski definition) is 3. The highest BCUT2D eigenvalue weighted by atomic mass is 16.3. The van der Waals surface area contributed by atoms with E-state index in [2.05, 4.69) is 29.5 Å². The Hall–Kier alpha value is -1.87. The molecular weight excluding hydrogens is 236 g/mol. The molecule has 0 aliphatic carbocycles. The molecule has 0 fully saturated rings. The molecule has 0 saturated carbocycles. The molecule has 100 valence electrons. The van der Waals surface area contributed by atoms with Crippen molar-refractivity contribution in [2.24, 2.45) is 0 Å². The lowest BCUT2D eigenvalue weighted by atomic mass is 10.1. The van der Waals surface area contributed by atoms with Crippen molar-refractivity contribution in [3.63, 3.8) is 0 Å². The minimum absolute atomic E-state index is 0.0169. The maximum absolute atomic E-state index is 9.40. The molecule has 0 saturated heterocycles. The number of benzene rings is 1. The van der Waals surface area contributed by atoms with Crippen LogP contribution in [-0.4, -0.2) is 23.2 Å². The van der Waals surface area contributed by atoms with Crippen molar-refractivity contribution in [1.82, 2.24) is 4.98 Å². The average molecular weight is 256 g/mol. The van der Waals surface area contributed by atoms with Crippen molar-refractivity contribution in [2.45, 2.75) is 20.0 Å². The van der Waals surface area contributed by atoms with Crippen molar-refractivity contribution in [1.29, 1.82) is 0 Å². The molecule has 0 radical (unpaired) electrons. The van der Waals surface area contributed by atoms with Crippen molar-refractivity contribution < 1.29 is 5.11 Å². The first kappa shape index (κ1) is 13.6. The Kier molecular flexibility index (Phi) is 4.53. The number of pyridine rings is 1. The van der Waals surface area contributed by atoms with Gasteiger partial charge in [-0.05, 0) is 11.8 Å². The van der Waals surface area contributed by atoms with Crippen LogP contribution in [0.1, 0.15) is 18.9 Å². The van der Waals surface area contributed by atoms with Gasteiger partial charge in [-0.15, -0.1) is 6.58 Å². The first-order chi connectivity index (χ1) is 9.31. The van der Waals surface area contributed by atoms with Gasteiger partial charge in [-0.25, -0.2) is 4.98 Å². The Bertz CT molecular complexity index is 566. The van der Waals surface area contributed by atoms with Gasteiger partial charge in [-0.3, -0.25) is 0 Å². The first-order valence-corrected chi connectivity index (χ1v) is 6.65. The third-order valence-electron chi connectivity index (χ3n) is 3.17. The first-order valence-electron chi connectivity index (χ1n) is 6.65. The van der Waals surface area contributed by atoms with Gasteiger partial charge >= 0.3 is 0 Å². The molecule has 0 aliphatic rings. The summed E-state index contributed by atoms with van der Waals surface area (Å²) in [5, 5.41) is 11.6. The summed E-state index contributed by atoms with van der Waals surface area (Å²) >= 11 is 0. The van der Waals surface area contributed by atoms with Gasteiger partial charge in [0.15, 0.2) is 0 Å². The molecule has 1 heterocycles. The fourth-order valence-corrected chi connectivity index (χ4v) is 2.32. The highest BCUT2D eigenvalue weighted by Crippen LogP contribution is 2.27. The van der Waals surface area contributed by atoms with Gasteiger partial charge in [0.1, 0.15) is 5.82 Å². The fraction of sp³-hybridized carbons (Fsp3) is 0.312. The number of anilines is 1. The molecule has 3 heteroatoms. The number of nitrogens with zero attached hydrogens (tertiary/aromatic N) is 2. The summed E-state index contributed by atoms with van der Waals surface area (Å²) in [6.45, 7) is 7.71. The summed E-state index contributed by atoms with van der Waals surface area (Å²) in [4.78, 5) is 6.75. The Morgan fingerprint density at radius 1 is 1.32 bits per heavy atom. The molecule has 2 rings (SSSR count). The quantitative estimate of drug-likeness (QED) is 0.807. The molecule has 0 unspecified atom stereocenters. The van der Waals surface area contributed by atoms with Gasteiger partial charge in [0.2, 0.25) is 0 Å². The average Bonchev–Trinajstić information content (AvgIpc) is 2.46. The molecule has 1 aromatic heterocycles. The topological polar surface area (TPSA) is 36.4 Å². The van der Waals surface area contributed by atoms with E-state index in [9.17, 15) is 5.11 Å². The zero-order chi connectivity index (χ0) is 13.7. The van der Waals surface area contributed by atoms with Crippen LogP contribution in [0.4, 0.5) is 5.82 Å². The van der Waals surface area contributed by atoms with Crippen LogP contribution in [0.25, 0.3) is 10.8 Å². The Balaban J connectivity index is 2.56. The normalized spacial score (nSPS) is 10.6. The van der Waals surface area contributed by atoms with Gasteiger partial charge in [0.25, 0.3) is 0 Å². The minimum atomic E-state index is 0.0169. The van der Waals surface area contributed by atoms with Crippen molar-refractivity contribution in [3.8, 4) is 0 Å². The minimum Gasteiger partial charge on any atom is -0.392 e. The van der Waals surface area contributed by atoms with Crippen molar-refractivity contribution >= 4 is 16.6 Å². The van der Waals surface area contributed by atoms with Crippen LogP contribution in [0.3, 0.4) is 0 Å². The number of aliphatic hydroxyl groups excluding tert-OH is 1. The number of aromatic nitrogens is 1. The SMILES string of the molecule is C=CCN(CCC)c1ncc(CO)c2ccccc12. The van der Waals surface area contributed by atoms with Crippen molar-refractivity contribution in [3.05, 3.63) is 48.7 Å². The number of fused-ring (bicyclic) bond motifs is 1. The van der Waals surface area contributed by atoms with Crippen LogP contribution in [0.2, 0.25) is 0 Å². The lowest BCUT2D eigenvalue weighted by Gasteiger charge is -2.23. The zero-order valence-corrected chi connectivity index (χ0v) is 11.3. The van der Waals surface area contributed by atoms with Gasteiger partial charge < -0.3 is 10.0 Å². The third kappa shape index (κ3) is 2.76. The molecule has 3 nitrogen and oxygen atoms in total. The lowest BCUT2D eigenvalue weighted by molar-refractivity contribution is 0.283. The number of aliphatic hydroxyl groups is 1. The number of hydrogen-bond donors (Lipinski definition) is 1. The van der Waals surface area contributed by atoms with E-state index in [0.717, 1.165) is 41.7 Å². The molecule has 19 heavy (non-hydrogen) atoms.